The largest absolute Gasteiger partial charge is 0.381 e. The van der Waals surface area contributed by atoms with Gasteiger partial charge in [-0.15, -0.1) is 0 Å². The van der Waals surface area contributed by atoms with Crippen LogP contribution in [-0.4, -0.2) is 75.8 Å². The highest BCUT2D eigenvalue weighted by molar-refractivity contribution is 7.91. The standard InChI is InChI=1S/C23H42N2O7S/c1-2-3-4-6-15-30-19-20-9-13-25(14-10-20)33(27,28)23(11-17-29-18-12-23)22(26)24-32-21-8-5-7-16-31-21/h20-21H,2-19H2,1H3,(H,24,26). The minimum Gasteiger partial charge on any atom is -0.381 e. The fourth-order valence-corrected chi connectivity index (χ4v) is 6.91. The monoisotopic (exact) mass is 490 g/mol. The molecule has 3 aliphatic heterocycles. The summed E-state index contributed by atoms with van der Waals surface area (Å²) in [4.78, 5) is 18.6. The molecule has 192 valence electrons. The molecule has 3 rings (SSSR count). The summed E-state index contributed by atoms with van der Waals surface area (Å²) in [5, 5.41) is 0. The van der Waals surface area contributed by atoms with E-state index in [4.69, 9.17) is 19.0 Å². The topological polar surface area (TPSA) is 103 Å². The first-order valence-electron chi connectivity index (χ1n) is 12.7. The molecule has 3 saturated heterocycles. The molecule has 10 heteroatoms. The molecule has 0 aromatic carbocycles. The second-order valence-electron chi connectivity index (χ2n) is 9.43. The number of hydrogen-bond donors (Lipinski definition) is 1. The minimum atomic E-state index is -3.88. The Bertz CT molecular complexity index is 683. The van der Waals surface area contributed by atoms with Crippen LogP contribution in [0.1, 0.15) is 77.6 Å². The number of ether oxygens (including phenoxy) is 3. The number of hydrogen-bond acceptors (Lipinski definition) is 7. The maximum absolute atomic E-state index is 13.7. The number of rotatable bonds is 12. The van der Waals surface area contributed by atoms with Crippen molar-refractivity contribution in [1.29, 1.82) is 0 Å². The molecular formula is C23H42N2O7S. The highest BCUT2D eigenvalue weighted by atomic mass is 32.2. The van der Waals surface area contributed by atoms with Gasteiger partial charge < -0.3 is 14.2 Å². The zero-order valence-corrected chi connectivity index (χ0v) is 20.9. The number of nitrogens with one attached hydrogen (secondary N) is 1. The van der Waals surface area contributed by atoms with E-state index < -0.39 is 27.0 Å². The van der Waals surface area contributed by atoms with Gasteiger partial charge in [0.05, 0.1) is 0 Å². The summed E-state index contributed by atoms with van der Waals surface area (Å²) >= 11 is 0. The van der Waals surface area contributed by atoms with Gasteiger partial charge in [-0.2, -0.15) is 0 Å². The predicted octanol–water partition coefficient (Wildman–Crippen LogP) is 2.75. The third-order valence-electron chi connectivity index (χ3n) is 7.04. The van der Waals surface area contributed by atoms with Crippen LogP contribution in [0.5, 0.6) is 0 Å². The van der Waals surface area contributed by atoms with Crippen molar-refractivity contribution in [2.24, 2.45) is 5.92 Å². The molecule has 0 aromatic heterocycles. The van der Waals surface area contributed by atoms with Crippen molar-refractivity contribution in [2.75, 3.05) is 46.1 Å². The summed E-state index contributed by atoms with van der Waals surface area (Å²) < 4.78 is 44.1. The van der Waals surface area contributed by atoms with Crippen molar-refractivity contribution in [3.8, 4) is 0 Å². The van der Waals surface area contributed by atoms with Crippen LogP contribution < -0.4 is 5.48 Å². The van der Waals surface area contributed by atoms with Crippen LogP contribution in [0.15, 0.2) is 0 Å². The van der Waals surface area contributed by atoms with E-state index in [2.05, 4.69) is 12.4 Å². The average Bonchev–Trinajstić information content (AvgIpc) is 2.86. The molecule has 33 heavy (non-hydrogen) atoms. The number of carbonyl (C=O) groups is 1. The van der Waals surface area contributed by atoms with Gasteiger partial charge in [0, 0.05) is 65.4 Å². The number of piperidine rings is 1. The summed E-state index contributed by atoms with van der Waals surface area (Å²) in [6.07, 6.45) is 8.51. The first-order chi connectivity index (χ1) is 16.0. The van der Waals surface area contributed by atoms with E-state index in [1.165, 1.54) is 23.6 Å². The molecule has 0 bridgehead atoms. The normalized spacial score (nSPS) is 25.1. The lowest BCUT2D eigenvalue weighted by atomic mass is 9.98. The first kappa shape index (κ1) is 26.8. The van der Waals surface area contributed by atoms with Crippen molar-refractivity contribution >= 4 is 15.9 Å². The van der Waals surface area contributed by atoms with Crippen LogP contribution in [0.4, 0.5) is 0 Å². The Morgan fingerprint density at radius 2 is 1.82 bits per heavy atom. The smallest absolute Gasteiger partial charge is 0.266 e. The summed E-state index contributed by atoms with van der Waals surface area (Å²) in [6.45, 7) is 5.50. The maximum Gasteiger partial charge on any atom is 0.266 e. The molecule has 0 aromatic rings. The second kappa shape index (κ2) is 13.3. The lowest BCUT2D eigenvalue weighted by Gasteiger charge is -2.41. The van der Waals surface area contributed by atoms with Gasteiger partial charge in [0.15, 0.2) is 11.0 Å². The molecule has 1 N–H and O–H groups in total. The van der Waals surface area contributed by atoms with E-state index >= 15 is 0 Å². The van der Waals surface area contributed by atoms with Crippen molar-refractivity contribution < 1.29 is 32.3 Å². The van der Waals surface area contributed by atoms with E-state index in [0.717, 1.165) is 38.7 Å². The van der Waals surface area contributed by atoms with Crippen molar-refractivity contribution in [3.63, 3.8) is 0 Å². The van der Waals surface area contributed by atoms with Crippen molar-refractivity contribution in [2.45, 2.75) is 88.6 Å². The lowest BCUT2D eigenvalue weighted by Crippen LogP contribution is -2.61. The fourth-order valence-electron chi connectivity index (χ4n) is 4.76. The van der Waals surface area contributed by atoms with E-state index in [1.54, 1.807) is 0 Å². The van der Waals surface area contributed by atoms with E-state index in [9.17, 15) is 13.2 Å². The molecule has 3 fully saturated rings. The Hall–Kier alpha value is -0.780. The Labute approximate surface area is 198 Å². The maximum atomic E-state index is 13.7. The molecule has 1 amide bonds. The summed E-state index contributed by atoms with van der Waals surface area (Å²) in [5.74, 6) is -0.258. The predicted molar refractivity (Wildman–Crippen MR) is 124 cm³/mol. The fraction of sp³-hybridized carbons (Fsp3) is 0.957. The number of sulfonamides is 1. The summed E-state index contributed by atoms with van der Waals surface area (Å²) in [6, 6.07) is 0. The molecule has 0 spiro atoms. The molecule has 0 saturated carbocycles. The van der Waals surface area contributed by atoms with Gasteiger partial charge in [0.2, 0.25) is 10.0 Å². The Morgan fingerprint density at radius 3 is 2.48 bits per heavy atom. The van der Waals surface area contributed by atoms with Crippen LogP contribution in [0.2, 0.25) is 0 Å². The van der Waals surface area contributed by atoms with Gasteiger partial charge in [0.1, 0.15) is 0 Å². The average molecular weight is 491 g/mol. The first-order valence-corrected chi connectivity index (χ1v) is 14.2. The van der Waals surface area contributed by atoms with Gasteiger partial charge in [0.25, 0.3) is 5.91 Å². The summed E-state index contributed by atoms with van der Waals surface area (Å²) in [5.41, 5.74) is 2.42. The molecule has 9 nitrogen and oxygen atoms in total. The zero-order valence-electron chi connectivity index (χ0n) is 20.1. The number of unbranched alkanes of at least 4 members (excludes halogenated alkanes) is 3. The quantitative estimate of drug-likeness (QED) is 0.331. The Morgan fingerprint density at radius 1 is 1.06 bits per heavy atom. The summed E-state index contributed by atoms with van der Waals surface area (Å²) in [7, 11) is -3.88. The molecular weight excluding hydrogens is 448 g/mol. The van der Waals surface area contributed by atoms with Crippen molar-refractivity contribution in [3.05, 3.63) is 0 Å². The number of amides is 1. The molecule has 1 unspecified atom stereocenters. The lowest BCUT2D eigenvalue weighted by molar-refractivity contribution is -0.202. The highest BCUT2D eigenvalue weighted by Crippen LogP contribution is 2.35. The highest BCUT2D eigenvalue weighted by Gasteiger charge is 2.54. The number of hydroxylamine groups is 1. The van der Waals surface area contributed by atoms with Crippen LogP contribution in [0.3, 0.4) is 0 Å². The molecule has 0 radical (unpaired) electrons. The minimum absolute atomic E-state index is 0.122. The van der Waals surface area contributed by atoms with Crippen LogP contribution in [0, 0.1) is 5.92 Å². The SMILES string of the molecule is CCCCCCOCC1CCN(S(=O)(=O)C2(C(=O)NOC3CCCCO3)CCOCC2)CC1. The van der Waals surface area contributed by atoms with E-state index in [1.807, 2.05) is 0 Å². The van der Waals surface area contributed by atoms with E-state index in [-0.39, 0.29) is 26.1 Å². The van der Waals surface area contributed by atoms with Crippen LogP contribution in [0.25, 0.3) is 0 Å². The van der Waals surface area contributed by atoms with Crippen LogP contribution in [-0.2, 0) is 33.9 Å². The number of nitrogens with zero attached hydrogens (tertiary/aromatic N) is 1. The number of carbonyl (C=O) groups excluding carboxylic acids is 1. The van der Waals surface area contributed by atoms with E-state index in [0.29, 0.717) is 38.6 Å². The molecule has 1 atom stereocenters. The zero-order chi connectivity index (χ0) is 23.6. The Balaban J connectivity index is 1.53. The third kappa shape index (κ3) is 7.11. The van der Waals surface area contributed by atoms with Gasteiger partial charge in [-0.05, 0) is 38.0 Å². The molecule has 3 aliphatic rings. The molecule has 0 aliphatic carbocycles. The van der Waals surface area contributed by atoms with Gasteiger partial charge in [-0.1, -0.05) is 26.2 Å². The third-order valence-corrected chi connectivity index (χ3v) is 9.66. The van der Waals surface area contributed by atoms with Crippen LogP contribution >= 0.6 is 0 Å². The van der Waals surface area contributed by atoms with Gasteiger partial charge in [-0.25, -0.2) is 23.0 Å². The molecule has 3 heterocycles. The van der Waals surface area contributed by atoms with Gasteiger partial charge in [-0.3, -0.25) is 4.79 Å². The second-order valence-corrected chi connectivity index (χ2v) is 11.7. The van der Waals surface area contributed by atoms with Crippen molar-refractivity contribution in [1.82, 2.24) is 9.79 Å². The Kier molecular flexibility index (Phi) is 10.8. The van der Waals surface area contributed by atoms with Gasteiger partial charge >= 0.3 is 0 Å².